The molecule has 0 spiro atoms. The summed E-state index contributed by atoms with van der Waals surface area (Å²) in [7, 11) is -2.45. The van der Waals surface area contributed by atoms with Gasteiger partial charge in [-0.15, -0.1) is 0 Å². The summed E-state index contributed by atoms with van der Waals surface area (Å²) >= 11 is 0. The van der Waals surface area contributed by atoms with E-state index in [-0.39, 0.29) is 0 Å². The lowest BCUT2D eigenvalue weighted by molar-refractivity contribution is 0.0706. The fraction of sp³-hybridized carbons (Fsp3) is 0.667. The zero-order valence-corrected chi connectivity index (χ0v) is 20.7. The molecule has 0 saturated carbocycles. The summed E-state index contributed by atoms with van der Waals surface area (Å²) in [6.07, 6.45) is 11.5. The second kappa shape index (κ2) is 15.3. The van der Waals surface area contributed by atoms with Crippen LogP contribution in [-0.2, 0) is 19.8 Å². The van der Waals surface area contributed by atoms with Crippen molar-refractivity contribution in [3.63, 3.8) is 0 Å². The molecule has 0 aliphatic carbocycles. The number of hydrogen-bond donors (Lipinski definition) is 0. The molecule has 0 amide bonds. The zero-order valence-electron chi connectivity index (χ0n) is 19.7. The van der Waals surface area contributed by atoms with Gasteiger partial charge < -0.3 is 13.3 Å². The Bertz CT molecular complexity index is 679. The van der Waals surface area contributed by atoms with Crippen LogP contribution in [0.5, 0.6) is 0 Å². The maximum Gasteiger partial charge on any atom is 0.500 e. The van der Waals surface area contributed by atoms with E-state index in [0.29, 0.717) is 19.8 Å². The highest BCUT2D eigenvalue weighted by atomic mass is 28.4. The lowest BCUT2D eigenvalue weighted by atomic mass is 10.1. The molecular formula is C24H41N3O3Si. The third kappa shape index (κ3) is 9.23. The van der Waals surface area contributed by atoms with Crippen molar-refractivity contribution in [3.05, 3.63) is 36.7 Å². The molecule has 0 saturated heterocycles. The van der Waals surface area contributed by atoms with E-state index in [1.807, 2.05) is 43.7 Å². The first-order valence-electron chi connectivity index (χ1n) is 12.1. The molecule has 0 radical (unpaired) electrons. The average Bonchev–Trinajstić information content (AvgIpc) is 3.25. The molecule has 1 aromatic heterocycles. The summed E-state index contributed by atoms with van der Waals surface area (Å²) in [6.45, 7) is 8.97. The number of aromatic nitrogens is 3. The second-order valence-electron chi connectivity index (χ2n) is 7.73. The summed E-state index contributed by atoms with van der Waals surface area (Å²) in [5, 5.41) is 4.40. The van der Waals surface area contributed by atoms with Crippen molar-refractivity contribution in [3.8, 4) is 11.4 Å². The summed E-state index contributed by atoms with van der Waals surface area (Å²) in [4.78, 5) is 4.42. The van der Waals surface area contributed by atoms with Crippen LogP contribution in [0.4, 0.5) is 0 Å². The van der Waals surface area contributed by atoms with Crippen LogP contribution in [0.15, 0.2) is 36.7 Å². The minimum Gasteiger partial charge on any atom is -0.374 e. The molecule has 0 aliphatic rings. The molecule has 0 atom stereocenters. The molecule has 2 aromatic rings. The van der Waals surface area contributed by atoms with E-state index in [9.17, 15) is 0 Å². The van der Waals surface area contributed by atoms with Crippen molar-refractivity contribution in [2.75, 3.05) is 19.8 Å². The van der Waals surface area contributed by atoms with Crippen molar-refractivity contribution >= 4 is 8.80 Å². The van der Waals surface area contributed by atoms with Gasteiger partial charge in [-0.1, -0.05) is 68.9 Å². The molecule has 2 rings (SSSR count). The molecule has 31 heavy (non-hydrogen) atoms. The predicted molar refractivity (Wildman–Crippen MR) is 128 cm³/mol. The van der Waals surface area contributed by atoms with Crippen LogP contribution in [0.1, 0.15) is 72.1 Å². The van der Waals surface area contributed by atoms with Gasteiger partial charge in [-0.2, -0.15) is 5.10 Å². The van der Waals surface area contributed by atoms with Crippen molar-refractivity contribution in [1.82, 2.24) is 14.8 Å². The third-order valence-electron chi connectivity index (χ3n) is 5.34. The van der Waals surface area contributed by atoms with E-state index >= 15 is 0 Å². The quantitative estimate of drug-likeness (QED) is 0.204. The Morgan fingerprint density at radius 1 is 0.742 bits per heavy atom. The Morgan fingerprint density at radius 3 is 1.87 bits per heavy atom. The van der Waals surface area contributed by atoms with Crippen LogP contribution in [0.25, 0.3) is 11.4 Å². The van der Waals surface area contributed by atoms with E-state index in [4.69, 9.17) is 13.3 Å². The normalized spacial score (nSPS) is 11.8. The minimum atomic E-state index is -2.45. The number of aryl methyl sites for hydroxylation is 1. The van der Waals surface area contributed by atoms with Crippen molar-refractivity contribution in [2.45, 2.75) is 84.7 Å². The second-order valence-corrected chi connectivity index (χ2v) is 10.5. The molecule has 0 aliphatic heterocycles. The van der Waals surface area contributed by atoms with Gasteiger partial charge in [-0.05, 0) is 33.6 Å². The first-order chi connectivity index (χ1) is 15.2. The highest BCUT2D eigenvalue weighted by molar-refractivity contribution is 6.60. The monoisotopic (exact) mass is 447 g/mol. The molecule has 174 valence electrons. The van der Waals surface area contributed by atoms with Gasteiger partial charge >= 0.3 is 8.80 Å². The van der Waals surface area contributed by atoms with Crippen LogP contribution < -0.4 is 0 Å². The van der Waals surface area contributed by atoms with Gasteiger partial charge in [0.1, 0.15) is 6.33 Å². The lowest BCUT2D eigenvalue weighted by Gasteiger charge is -2.28. The van der Waals surface area contributed by atoms with E-state index < -0.39 is 8.80 Å². The van der Waals surface area contributed by atoms with Crippen molar-refractivity contribution < 1.29 is 13.3 Å². The Balaban J connectivity index is 1.55. The van der Waals surface area contributed by atoms with E-state index in [0.717, 1.165) is 36.8 Å². The molecule has 0 unspecified atom stereocenters. The van der Waals surface area contributed by atoms with Crippen molar-refractivity contribution in [2.24, 2.45) is 0 Å². The molecular weight excluding hydrogens is 406 g/mol. The van der Waals surface area contributed by atoms with Crippen LogP contribution in [0.3, 0.4) is 0 Å². The van der Waals surface area contributed by atoms with E-state index in [1.165, 1.54) is 38.5 Å². The van der Waals surface area contributed by atoms with Gasteiger partial charge in [0.15, 0.2) is 5.82 Å². The van der Waals surface area contributed by atoms with Gasteiger partial charge in [0, 0.05) is 38.0 Å². The maximum absolute atomic E-state index is 5.93. The maximum atomic E-state index is 5.93. The molecule has 0 N–H and O–H groups in total. The number of benzene rings is 1. The number of hydrogen-bond acceptors (Lipinski definition) is 5. The molecule has 0 bridgehead atoms. The molecule has 6 nitrogen and oxygen atoms in total. The van der Waals surface area contributed by atoms with Crippen LogP contribution >= 0.6 is 0 Å². The van der Waals surface area contributed by atoms with Crippen LogP contribution in [0, 0.1) is 0 Å². The topological polar surface area (TPSA) is 58.4 Å². The number of unbranched alkanes of at least 4 members (excludes halogenated alkanes) is 7. The fourth-order valence-corrected chi connectivity index (χ4v) is 6.59. The standard InChI is InChI=1S/C24H41N3O3Si/c1-4-28-31(29-5-2,30-6-3)21-17-12-10-8-7-9-11-16-20-27-24(25-22-26-27)23-18-14-13-15-19-23/h13-15,18-19,22H,4-12,16-17,20-21H2,1-3H3. The van der Waals surface area contributed by atoms with Gasteiger partial charge in [-0.25, -0.2) is 9.67 Å². The fourth-order valence-electron chi connectivity index (χ4n) is 3.90. The van der Waals surface area contributed by atoms with Crippen molar-refractivity contribution in [1.29, 1.82) is 0 Å². The summed E-state index contributed by atoms with van der Waals surface area (Å²) in [5.41, 5.74) is 1.13. The number of nitrogens with zero attached hydrogens (tertiary/aromatic N) is 3. The Morgan fingerprint density at radius 2 is 1.29 bits per heavy atom. The SMILES string of the molecule is CCO[Si](CCCCCCCCCCn1ncnc1-c1ccccc1)(OCC)OCC. The van der Waals surface area contributed by atoms with Gasteiger partial charge in [0.05, 0.1) is 0 Å². The van der Waals surface area contributed by atoms with Gasteiger partial charge in [0.2, 0.25) is 0 Å². The average molecular weight is 448 g/mol. The smallest absolute Gasteiger partial charge is 0.374 e. The van der Waals surface area contributed by atoms with Crippen LogP contribution in [0.2, 0.25) is 6.04 Å². The Kier molecular flexibility index (Phi) is 12.7. The predicted octanol–water partition coefficient (Wildman–Crippen LogP) is 6.11. The summed E-state index contributed by atoms with van der Waals surface area (Å²) in [6, 6.07) is 11.2. The van der Waals surface area contributed by atoms with Gasteiger partial charge in [0.25, 0.3) is 0 Å². The Labute approximate surface area is 189 Å². The molecule has 0 fully saturated rings. The summed E-state index contributed by atoms with van der Waals surface area (Å²) in [5.74, 6) is 0.964. The highest BCUT2D eigenvalue weighted by Crippen LogP contribution is 2.21. The van der Waals surface area contributed by atoms with E-state index in [2.05, 4.69) is 22.2 Å². The zero-order chi connectivity index (χ0) is 22.2. The Hall–Kier alpha value is -1.54. The highest BCUT2D eigenvalue weighted by Gasteiger charge is 2.39. The first-order valence-corrected chi connectivity index (χ1v) is 14.0. The molecule has 7 heteroatoms. The first kappa shape index (κ1) is 25.7. The summed E-state index contributed by atoms with van der Waals surface area (Å²) < 4.78 is 19.8. The number of rotatable bonds is 18. The molecule has 1 heterocycles. The van der Waals surface area contributed by atoms with Crippen LogP contribution in [-0.4, -0.2) is 43.4 Å². The largest absolute Gasteiger partial charge is 0.500 e. The van der Waals surface area contributed by atoms with Gasteiger partial charge in [-0.3, -0.25) is 0 Å². The van der Waals surface area contributed by atoms with E-state index in [1.54, 1.807) is 6.33 Å². The molecule has 1 aromatic carbocycles. The lowest BCUT2D eigenvalue weighted by Crippen LogP contribution is -2.45. The third-order valence-corrected chi connectivity index (χ3v) is 8.49. The minimum absolute atomic E-state index is 0.660.